The number of hydrogen-bond donors (Lipinski definition) is 1. The Kier molecular flexibility index (Phi) is 6.17. The summed E-state index contributed by atoms with van der Waals surface area (Å²) in [5.41, 5.74) is 1.56. The summed E-state index contributed by atoms with van der Waals surface area (Å²) in [6, 6.07) is 22.8. The zero-order chi connectivity index (χ0) is 22.3. The third-order valence-corrected chi connectivity index (χ3v) is 4.47. The van der Waals surface area contributed by atoms with Crippen molar-refractivity contribution in [3.8, 4) is 17.2 Å². The van der Waals surface area contributed by atoms with Gasteiger partial charge in [0.25, 0.3) is 5.91 Å². The number of ether oxygens (including phenoxy) is 2. The van der Waals surface area contributed by atoms with Crippen LogP contribution in [0.1, 0.15) is 17.3 Å². The smallest absolute Gasteiger partial charge is 0.338 e. The molecular formula is C23H19N5O4. The molecule has 1 N–H and O–H groups in total. The summed E-state index contributed by atoms with van der Waals surface area (Å²) in [4.78, 5) is 24.8. The summed E-state index contributed by atoms with van der Waals surface area (Å²) in [5, 5.41) is 13.6. The Balaban J connectivity index is 1.31. The molecule has 9 heteroatoms. The van der Waals surface area contributed by atoms with E-state index in [0.29, 0.717) is 22.7 Å². The van der Waals surface area contributed by atoms with Crippen molar-refractivity contribution in [1.29, 1.82) is 0 Å². The molecule has 3 aromatic carbocycles. The first-order chi connectivity index (χ1) is 15.6. The third-order valence-electron chi connectivity index (χ3n) is 4.47. The lowest BCUT2D eigenvalue weighted by atomic mass is 10.2. The summed E-state index contributed by atoms with van der Waals surface area (Å²) in [6.45, 7) is 1.51. The van der Waals surface area contributed by atoms with E-state index in [9.17, 15) is 9.59 Å². The molecule has 0 unspecified atom stereocenters. The van der Waals surface area contributed by atoms with Crippen LogP contribution in [0.2, 0.25) is 0 Å². The van der Waals surface area contributed by atoms with Crippen LogP contribution in [0.5, 0.6) is 11.5 Å². The first kappa shape index (κ1) is 20.7. The van der Waals surface area contributed by atoms with Crippen LogP contribution in [0.15, 0.2) is 85.2 Å². The van der Waals surface area contributed by atoms with Crippen LogP contribution < -0.4 is 10.1 Å². The highest BCUT2D eigenvalue weighted by atomic mass is 16.5. The van der Waals surface area contributed by atoms with E-state index in [-0.39, 0.29) is 0 Å². The number of esters is 1. The van der Waals surface area contributed by atoms with Crippen molar-refractivity contribution >= 4 is 17.6 Å². The molecule has 4 aromatic rings. The Hall–Kier alpha value is -4.53. The maximum absolute atomic E-state index is 12.4. The zero-order valence-electron chi connectivity index (χ0n) is 17.1. The Morgan fingerprint density at radius 1 is 0.906 bits per heavy atom. The SMILES string of the molecule is C[C@H](OC(=O)c1ccc(-n2cnnn2)cc1)C(=O)Nc1ccc(Oc2ccccc2)cc1. The third kappa shape index (κ3) is 5.14. The van der Waals surface area contributed by atoms with E-state index in [0.717, 1.165) is 5.75 Å². The Labute approximate surface area is 183 Å². The van der Waals surface area contributed by atoms with Gasteiger partial charge in [-0.15, -0.1) is 5.10 Å². The number of carbonyl (C=O) groups is 2. The largest absolute Gasteiger partial charge is 0.457 e. The van der Waals surface area contributed by atoms with Gasteiger partial charge in [0.1, 0.15) is 17.8 Å². The van der Waals surface area contributed by atoms with Gasteiger partial charge in [-0.1, -0.05) is 18.2 Å². The molecule has 0 fully saturated rings. The fourth-order valence-corrected chi connectivity index (χ4v) is 2.79. The highest BCUT2D eigenvalue weighted by molar-refractivity contribution is 5.97. The molecular weight excluding hydrogens is 410 g/mol. The molecule has 0 radical (unpaired) electrons. The summed E-state index contributed by atoms with van der Waals surface area (Å²) < 4.78 is 12.5. The van der Waals surface area contributed by atoms with E-state index in [1.165, 1.54) is 17.9 Å². The number of anilines is 1. The molecule has 32 heavy (non-hydrogen) atoms. The van der Waals surface area contributed by atoms with E-state index in [2.05, 4.69) is 20.8 Å². The van der Waals surface area contributed by atoms with E-state index in [4.69, 9.17) is 9.47 Å². The summed E-state index contributed by atoms with van der Waals surface area (Å²) >= 11 is 0. The van der Waals surface area contributed by atoms with Crippen molar-refractivity contribution in [3.05, 3.63) is 90.8 Å². The van der Waals surface area contributed by atoms with Crippen molar-refractivity contribution in [1.82, 2.24) is 20.2 Å². The number of carbonyl (C=O) groups excluding carboxylic acids is 2. The number of para-hydroxylation sites is 1. The van der Waals surface area contributed by atoms with E-state index >= 15 is 0 Å². The number of nitrogens with one attached hydrogen (secondary N) is 1. The van der Waals surface area contributed by atoms with Gasteiger partial charge in [0.15, 0.2) is 6.10 Å². The molecule has 0 aliphatic carbocycles. The monoisotopic (exact) mass is 429 g/mol. The zero-order valence-corrected chi connectivity index (χ0v) is 17.1. The number of aromatic nitrogens is 4. The Morgan fingerprint density at radius 3 is 2.25 bits per heavy atom. The Bertz CT molecular complexity index is 1180. The molecule has 1 amide bonds. The predicted octanol–water partition coefficient (Wildman–Crippen LogP) is 3.64. The van der Waals surface area contributed by atoms with Crippen LogP contribution in [0, 0.1) is 0 Å². The van der Waals surface area contributed by atoms with Gasteiger partial charge in [0.2, 0.25) is 0 Å². The summed E-state index contributed by atoms with van der Waals surface area (Å²) in [6.07, 6.45) is 0.460. The number of benzene rings is 3. The molecule has 0 saturated heterocycles. The second-order valence-electron chi connectivity index (χ2n) is 6.78. The second-order valence-corrected chi connectivity index (χ2v) is 6.78. The van der Waals surface area contributed by atoms with Gasteiger partial charge in [0.05, 0.1) is 11.3 Å². The lowest BCUT2D eigenvalue weighted by Gasteiger charge is -2.14. The minimum atomic E-state index is -0.984. The van der Waals surface area contributed by atoms with Crippen LogP contribution in [-0.4, -0.2) is 38.2 Å². The topological polar surface area (TPSA) is 108 Å². The van der Waals surface area contributed by atoms with E-state index < -0.39 is 18.0 Å². The predicted molar refractivity (Wildman–Crippen MR) is 116 cm³/mol. The van der Waals surface area contributed by atoms with Crippen LogP contribution in [0.25, 0.3) is 5.69 Å². The standard InChI is InChI=1S/C23H19N5O4/c1-16(31-23(30)17-7-11-19(12-8-17)28-15-24-26-27-28)22(29)25-18-9-13-21(14-10-18)32-20-5-3-2-4-6-20/h2-16H,1H3,(H,25,29)/t16-/m0/s1. The summed E-state index contributed by atoms with van der Waals surface area (Å²) in [7, 11) is 0. The van der Waals surface area contributed by atoms with Crippen LogP contribution in [-0.2, 0) is 9.53 Å². The first-order valence-electron chi connectivity index (χ1n) is 9.77. The highest BCUT2D eigenvalue weighted by Gasteiger charge is 2.19. The first-order valence-corrected chi connectivity index (χ1v) is 9.77. The molecule has 0 saturated carbocycles. The molecule has 0 spiro atoms. The van der Waals surface area contributed by atoms with Gasteiger partial charge < -0.3 is 14.8 Å². The van der Waals surface area contributed by atoms with Crippen LogP contribution >= 0.6 is 0 Å². The number of nitrogens with zero attached hydrogens (tertiary/aromatic N) is 4. The molecule has 9 nitrogen and oxygen atoms in total. The van der Waals surface area contributed by atoms with Crippen molar-refractivity contribution < 1.29 is 19.1 Å². The van der Waals surface area contributed by atoms with Gasteiger partial charge in [-0.2, -0.15) is 0 Å². The van der Waals surface area contributed by atoms with Gasteiger partial charge in [-0.05, 0) is 78.0 Å². The number of amides is 1. The van der Waals surface area contributed by atoms with E-state index in [1.54, 1.807) is 48.5 Å². The second kappa shape index (κ2) is 9.52. The van der Waals surface area contributed by atoms with Gasteiger partial charge >= 0.3 is 5.97 Å². The van der Waals surface area contributed by atoms with Gasteiger partial charge in [-0.3, -0.25) is 4.79 Å². The molecule has 0 aliphatic heterocycles. The highest BCUT2D eigenvalue weighted by Crippen LogP contribution is 2.22. The maximum atomic E-state index is 12.4. The van der Waals surface area contributed by atoms with Crippen molar-refractivity contribution in [2.24, 2.45) is 0 Å². The normalized spacial score (nSPS) is 11.4. The molecule has 4 rings (SSSR count). The fourth-order valence-electron chi connectivity index (χ4n) is 2.79. The molecule has 0 aliphatic rings. The average Bonchev–Trinajstić information content (AvgIpc) is 3.36. The maximum Gasteiger partial charge on any atom is 0.338 e. The molecule has 160 valence electrons. The van der Waals surface area contributed by atoms with Crippen LogP contribution in [0.4, 0.5) is 5.69 Å². The lowest BCUT2D eigenvalue weighted by Crippen LogP contribution is -2.30. The van der Waals surface area contributed by atoms with Gasteiger partial charge in [0, 0.05) is 5.69 Å². The van der Waals surface area contributed by atoms with Crippen LogP contribution in [0.3, 0.4) is 0 Å². The van der Waals surface area contributed by atoms with Crippen molar-refractivity contribution in [3.63, 3.8) is 0 Å². The Morgan fingerprint density at radius 2 is 1.59 bits per heavy atom. The molecule has 1 atom stereocenters. The van der Waals surface area contributed by atoms with E-state index in [1.807, 2.05) is 30.3 Å². The molecule has 1 heterocycles. The fraction of sp³-hybridized carbons (Fsp3) is 0.0870. The van der Waals surface area contributed by atoms with Gasteiger partial charge in [-0.25, -0.2) is 9.48 Å². The number of tetrazole rings is 1. The van der Waals surface area contributed by atoms with Crippen molar-refractivity contribution in [2.45, 2.75) is 13.0 Å². The lowest BCUT2D eigenvalue weighted by molar-refractivity contribution is -0.123. The quantitative estimate of drug-likeness (QED) is 0.447. The minimum absolute atomic E-state index is 0.309. The summed E-state index contributed by atoms with van der Waals surface area (Å²) in [5.74, 6) is 0.303. The number of rotatable bonds is 7. The minimum Gasteiger partial charge on any atom is -0.457 e. The average molecular weight is 429 g/mol. The molecule has 1 aromatic heterocycles. The van der Waals surface area contributed by atoms with Crippen molar-refractivity contribution in [2.75, 3.05) is 5.32 Å². The number of hydrogen-bond acceptors (Lipinski definition) is 7. The molecule has 0 bridgehead atoms.